The minimum Gasteiger partial charge on any atom is -0.385 e. The number of nitro groups is 1. The first-order chi connectivity index (χ1) is 15.4. The highest BCUT2D eigenvalue weighted by atomic mass is 35.5. The number of aromatic nitrogens is 3. The lowest BCUT2D eigenvalue weighted by atomic mass is 10.2. The van der Waals surface area contributed by atoms with E-state index in [9.17, 15) is 19.3 Å². The van der Waals surface area contributed by atoms with E-state index in [1.165, 1.54) is 6.07 Å². The van der Waals surface area contributed by atoms with Crippen molar-refractivity contribution in [2.45, 2.75) is 18.1 Å². The maximum Gasteiger partial charge on any atom is 0.306 e. The summed E-state index contributed by atoms with van der Waals surface area (Å²) in [6.45, 7) is 1.09. The molecule has 0 radical (unpaired) electrons. The molecule has 0 aliphatic heterocycles. The largest absolute Gasteiger partial charge is 0.385 e. The number of amides is 1. The highest BCUT2D eigenvalue weighted by Gasteiger charge is 2.18. The molecule has 0 bridgehead atoms. The van der Waals surface area contributed by atoms with Crippen LogP contribution in [0.5, 0.6) is 0 Å². The molecule has 0 aliphatic rings. The fourth-order valence-corrected chi connectivity index (χ4v) is 3.85. The van der Waals surface area contributed by atoms with Crippen LogP contribution in [0, 0.1) is 15.9 Å². The number of halogens is 2. The monoisotopic (exact) mass is 479 g/mol. The summed E-state index contributed by atoms with van der Waals surface area (Å²) in [6, 6.07) is 10.4. The minimum atomic E-state index is -0.973. The highest BCUT2D eigenvalue weighted by Crippen LogP contribution is 2.29. The number of hydrogen-bond acceptors (Lipinski definition) is 7. The van der Waals surface area contributed by atoms with E-state index in [1.54, 1.807) is 13.2 Å². The van der Waals surface area contributed by atoms with Gasteiger partial charge in [0.1, 0.15) is 0 Å². The van der Waals surface area contributed by atoms with E-state index in [1.807, 2.05) is 22.8 Å². The van der Waals surface area contributed by atoms with Gasteiger partial charge < -0.3 is 14.6 Å². The first kappa shape index (κ1) is 23.6. The standard InChI is InChI=1S/C20H19ClFN5O4S/c1-31-10-4-9-26-19(14-5-2-3-6-15(14)21)24-25-20(26)32-12-18(28)23-13-7-8-16(22)17(11-13)27(29)30/h2-3,5-8,11H,4,9-10,12H2,1H3,(H,23,28). The lowest BCUT2D eigenvalue weighted by molar-refractivity contribution is -0.387. The normalized spacial score (nSPS) is 10.8. The molecule has 1 amide bonds. The number of methoxy groups -OCH3 is 1. The molecule has 1 N–H and O–H groups in total. The third-order valence-corrected chi connectivity index (χ3v) is 5.62. The predicted molar refractivity (Wildman–Crippen MR) is 119 cm³/mol. The van der Waals surface area contributed by atoms with E-state index >= 15 is 0 Å². The molecular formula is C20H19ClFN5O4S. The SMILES string of the molecule is COCCCn1c(SCC(=O)Nc2ccc(F)c([N+](=O)[O-])c2)nnc1-c1ccccc1Cl. The summed E-state index contributed by atoms with van der Waals surface area (Å²) < 4.78 is 20.5. The zero-order valence-electron chi connectivity index (χ0n) is 17.0. The lowest BCUT2D eigenvalue weighted by Crippen LogP contribution is -2.15. The Balaban J connectivity index is 1.74. The molecule has 32 heavy (non-hydrogen) atoms. The van der Waals surface area contributed by atoms with E-state index in [0.717, 1.165) is 23.9 Å². The van der Waals surface area contributed by atoms with Gasteiger partial charge in [0.25, 0.3) is 0 Å². The zero-order valence-corrected chi connectivity index (χ0v) is 18.5. The van der Waals surface area contributed by atoms with Gasteiger partial charge in [-0.05, 0) is 30.7 Å². The number of carbonyl (C=O) groups excluding carboxylic acids is 1. The summed E-state index contributed by atoms with van der Waals surface area (Å²) in [6.07, 6.45) is 0.699. The molecule has 1 heterocycles. The van der Waals surface area contributed by atoms with Gasteiger partial charge in [-0.25, -0.2) is 0 Å². The average molecular weight is 480 g/mol. The number of nitro benzene ring substituents is 1. The molecule has 168 valence electrons. The zero-order chi connectivity index (χ0) is 23.1. The van der Waals surface area contributed by atoms with Crippen LogP contribution in [0.2, 0.25) is 5.02 Å². The van der Waals surface area contributed by atoms with Crippen LogP contribution < -0.4 is 5.32 Å². The molecule has 0 spiro atoms. The smallest absolute Gasteiger partial charge is 0.306 e. The van der Waals surface area contributed by atoms with Crippen LogP contribution in [0.1, 0.15) is 6.42 Å². The number of nitrogens with zero attached hydrogens (tertiary/aromatic N) is 4. The molecule has 0 atom stereocenters. The Kier molecular flexibility index (Phi) is 8.14. The van der Waals surface area contributed by atoms with E-state index in [2.05, 4.69) is 15.5 Å². The Labute approximate surface area is 192 Å². The topological polar surface area (TPSA) is 112 Å². The Hall–Kier alpha value is -3.02. The first-order valence-electron chi connectivity index (χ1n) is 9.44. The molecule has 1 aromatic heterocycles. The van der Waals surface area contributed by atoms with Crippen molar-refractivity contribution < 1.29 is 18.8 Å². The molecule has 0 saturated carbocycles. The number of ether oxygens (including phenoxy) is 1. The van der Waals surface area contributed by atoms with Crippen LogP contribution in [0.15, 0.2) is 47.6 Å². The van der Waals surface area contributed by atoms with Gasteiger partial charge >= 0.3 is 5.69 Å². The van der Waals surface area contributed by atoms with Crippen LogP contribution in [0.3, 0.4) is 0 Å². The lowest BCUT2D eigenvalue weighted by Gasteiger charge is -2.11. The van der Waals surface area contributed by atoms with Gasteiger partial charge in [-0.1, -0.05) is 35.5 Å². The molecular weight excluding hydrogens is 461 g/mol. The Morgan fingerprint density at radius 1 is 1.31 bits per heavy atom. The molecule has 0 unspecified atom stereocenters. The average Bonchev–Trinajstić information content (AvgIpc) is 3.16. The van der Waals surface area contributed by atoms with Gasteiger partial charge in [-0.3, -0.25) is 14.9 Å². The second kappa shape index (κ2) is 11.0. The number of carbonyl (C=O) groups is 1. The fraction of sp³-hybridized carbons (Fsp3) is 0.250. The third-order valence-electron chi connectivity index (χ3n) is 4.32. The van der Waals surface area contributed by atoms with Crippen molar-refractivity contribution in [1.29, 1.82) is 0 Å². The minimum absolute atomic E-state index is 0.0316. The first-order valence-corrected chi connectivity index (χ1v) is 10.8. The van der Waals surface area contributed by atoms with Crippen LogP contribution in [0.25, 0.3) is 11.4 Å². The van der Waals surface area contributed by atoms with Crippen molar-refractivity contribution in [2.24, 2.45) is 0 Å². The number of rotatable bonds is 10. The molecule has 0 fully saturated rings. The third kappa shape index (κ3) is 5.81. The van der Waals surface area contributed by atoms with Crippen molar-refractivity contribution in [3.05, 3.63) is 63.4 Å². The summed E-state index contributed by atoms with van der Waals surface area (Å²) in [5.74, 6) is -0.861. The van der Waals surface area contributed by atoms with Gasteiger partial charge in [0.15, 0.2) is 11.0 Å². The van der Waals surface area contributed by atoms with Crippen molar-refractivity contribution in [2.75, 3.05) is 24.8 Å². The van der Waals surface area contributed by atoms with Crippen LogP contribution in [-0.4, -0.2) is 45.1 Å². The van der Waals surface area contributed by atoms with Gasteiger partial charge in [-0.15, -0.1) is 10.2 Å². The van der Waals surface area contributed by atoms with Crippen LogP contribution in [-0.2, 0) is 16.1 Å². The van der Waals surface area contributed by atoms with Gasteiger partial charge in [0.2, 0.25) is 11.7 Å². The molecule has 9 nitrogen and oxygen atoms in total. The quantitative estimate of drug-likeness (QED) is 0.198. The summed E-state index contributed by atoms with van der Waals surface area (Å²) in [4.78, 5) is 22.4. The maximum atomic E-state index is 13.5. The number of anilines is 1. The van der Waals surface area contributed by atoms with E-state index in [0.29, 0.717) is 41.1 Å². The van der Waals surface area contributed by atoms with E-state index in [4.69, 9.17) is 16.3 Å². The van der Waals surface area contributed by atoms with Crippen molar-refractivity contribution in [3.63, 3.8) is 0 Å². The number of hydrogen-bond donors (Lipinski definition) is 1. The van der Waals surface area contributed by atoms with Crippen molar-refractivity contribution in [3.8, 4) is 11.4 Å². The maximum absolute atomic E-state index is 13.5. The summed E-state index contributed by atoms with van der Waals surface area (Å²) in [5.41, 5.74) is 0.133. The van der Waals surface area contributed by atoms with Gasteiger partial charge in [0.05, 0.1) is 15.7 Å². The van der Waals surface area contributed by atoms with E-state index in [-0.39, 0.29) is 11.4 Å². The molecule has 3 rings (SSSR count). The Morgan fingerprint density at radius 2 is 2.09 bits per heavy atom. The molecule has 2 aromatic carbocycles. The second-order valence-corrected chi connectivity index (χ2v) is 7.89. The molecule has 12 heteroatoms. The second-order valence-electron chi connectivity index (χ2n) is 6.54. The van der Waals surface area contributed by atoms with Gasteiger partial charge in [0, 0.05) is 37.6 Å². The number of thioether (sulfide) groups is 1. The van der Waals surface area contributed by atoms with Crippen molar-refractivity contribution >= 4 is 40.6 Å². The molecule has 3 aromatic rings. The van der Waals surface area contributed by atoms with E-state index < -0.39 is 22.3 Å². The number of nitrogens with one attached hydrogen (secondary N) is 1. The fourth-order valence-electron chi connectivity index (χ4n) is 2.86. The van der Waals surface area contributed by atoms with Crippen LogP contribution >= 0.6 is 23.4 Å². The molecule has 0 aliphatic carbocycles. The van der Waals surface area contributed by atoms with Gasteiger partial charge in [-0.2, -0.15) is 4.39 Å². The van der Waals surface area contributed by atoms with Crippen LogP contribution in [0.4, 0.5) is 15.8 Å². The molecule has 0 saturated heterocycles. The summed E-state index contributed by atoms with van der Waals surface area (Å²) in [5, 5.41) is 22.9. The Bertz CT molecular complexity index is 1130. The summed E-state index contributed by atoms with van der Waals surface area (Å²) >= 11 is 7.47. The number of benzene rings is 2. The predicted octanol–water partition coefficient (Wildman–Crippen LogP) is 4.41. The Morgan fingerprint density at radius 3 is 2.81 bits per heavy atom. The highest BCUT2D eigenvalue weighted by molar-refractivity contribution is 7.99. The van der Waals surface area contributed by atoms with Crippen molar-refractivity contribution in [1.82, 2.24) is 14.8 Å². The summed E-state index contributed by atoms with van der Waals surface area (Å²) in [7, 11) is 1.61.